The summed E-state index contributed by atoms with van der Waals surface area (Å²) < 4.78 is 38.4. The van der Waals surface area contributed by atoms with Crippen LogP contribution in [0.4, 0.5) is 11.4 Å². The molecule has 4 aromatic rings. The number of sulfonamides is 1. The molecular formula is C28H25N3O6S2. The Bertz CT molecular complexity index is 1550. The number of furan rings is 1. The molecule has 1 fully saturated rings. The van der Waals surface area contributed by atoms with Gasteiger partial charge in [0.15, 0.2) is 0 Å². The molecule has 1 aliphatic rings. The fourth-order valence-electron chi connectivity index (χ4n) is 4.06. The zero-order chi connectivity index (χ0) is 27.4. The van der Waals surface area contributed by atoms with Gasteiger partial charge in [0.1, 0.15) is 16.9 Å². The summed E-state index contributed by atoms with van der Waals surface area (Å²) in [6.07, 6.45) is 1.58. The minimum absolute atomic E-state index is 0.0351. The van der Waals surface area contributed by atoms with Crippen LogP contribution in [-0.2, 0) is 21.4 Å². The van der Waals surface area contributed by atoms with Crippen LogP contribution in [0.2, 0.25) is 0 Å². The van der Waals surface area contributed by atoms with Gasteiger partial charge in [-0.25, -0.2) is 8.42 Å². The van der Waals surface area contributed by atoms with Gasteiger partial charge in [0.25, 0.3) is 15.9 Å². The van der Waals surface area contributed by atoms with E-state index in [9.17, 15) is 18.0 Å². The van der Waals surface area contributed by atoms with Gasteiger partial charge >= 0.3 is 0 Å². The normalized spacial score (nSPS) is 15.3. The summed E-state index contributed by atoms with van der Waals surface area (Å²) in [5, 5.41) is 2.62. The summed E-state index contributed by atoms with van der Waals surface area (Å²) in [5.74, 6) is 1.41. The molecule has 3 aromatic carbocycles. The van der Waals surface area contributed by atoms with Crippen LogP contribution in [0.15, 0.2) is 101 Å². The zero-order valence-corrected chi connectivity index (χ0v) is 22.5. The van der Waals surface area contributed by atoms with E-state index in [4.69, 9.17) is 9.15 Å². The Hall–Kier alpha value is -4.22. The maximum absolute atomic E-state index is 12.8. The fraction of sp³-hybridized carbons (Fsp3) is 0.143. The van der Waals surface area contributed by atoms with Gasteiger partial charge in [-0.05, 0) is 78.4 Å². The zero-order valence-electron chi connectivity index (χ0n) is 20.9. The van der Waals surface area contributed by atoms with Crippen molar-refractivity contribution in [2.24, 2.45) is 0 Å². The molecule has 0 aliphatic carbocycles. The molecule has 2 N–H and O–H groups in total. The molecular weight excluding hydrogens is 538 g/mol. The largest absolute Gasteiger partial charge is 0.497 e. The van der Waals surface area contributed by atoms with E-state index in [0.717, 1.165) is 5.56 Å². The maximum atomic E-state index is 12.8. The number of methoxy groups -OCH3 is 1. The van der Waals surface area contributed by atoms with Crippen molar-refractivity contribution >= 4 is 45.0 Å². The van der Waals surface area contributed by atoms with Crippen LogP contribution in [-0.4, -0.2) is 38.0 Å². The number of rotatable bonds is 9. The second-order valence-electron chi connectivity index (χ2n) is 8.70. The standard InChI is InChI=1S/C28H25N3O6S2/c1-36-23-12-8-22(9-13-23)30-39(34,35)25-14-10-21(11-15-25)29-27(33)19-4-6-20(7-5-19)28-31(26(32)18-38-28)17-24-3-2-16-37-24/h2-16,28,30H,17-18H2,1H3,(H,29,33)/t28-/m0/s1. The number of anilines is 2. The van der Waals surface area contributed by atoms with E-state index >= 15 is 0 Å². The van der Waals surface area contributed by atoms with E-state index in [-0.39, 0.29) is 22.1 Å². The highest BCUT2D eigenvalue weighted by molar-refractivity contribution is 8.00. The molecule has 1 atom stereocenters. The Labute approximate surface area is 230 Å². The average Bonchev–Trinajstić information content (AvgIpc) is 3.59. The van der Waals surface area contributed by atoms with Crippen molar-refractivity contribution in [1.82, 2.24) is 4.90 Å². The number of hydrogen-bond donors (Lipinski definition) is 2. The molecule has 0 saturated carbocycles. The van der Waals surface area contributed by atoms with E-state index in [1.165, 1.54) is 43.1 Å². The highest BCUT2D eigenvalue weighted by Gasteiger charge is 2.33. The number of ether oxygens (including phenoxy) is 1. The Morgan fingerprint density at radius 1 is 1.00 bits per heavy atom. The SMILES string of the molecule is COc1ccc(NS(=O)(=O)c2ccc(NC(=O)c3ccc([C@@H]4SCC(=O)N4Cc4ccco4)cc3)cc2)cc1. The minimum Gasteiger partial charge on any atom is -0.497 e. The maximum Gasteiger partial charge on any atom is 0.261 e. The second kappa shape index (κ2) is 11.3. The molecule has 0 unspecified atom stereocenters. The van der Waals surface area contributed by atoms with E-state index in [2.05, 4.69) is 10.0 Å². The number of amides is 2. The van der Waals surface area contributed by atoms with Crippen molar-refractivity contribution in [2.45, 2.75) is 16.8 Å². The van der Waals surface area contributed by atoms with Gasteiger partial charge in [-0.15, -0.1) is 11.8 Å². The molecule has 11 heteroatoms. The smallest absolute Gasteiger partial charge is 0.261 e. The molecule has 1 aliphatic heterocycles. The Balaban J connectivity index is 1.21. The van der Waals surface area contributed by atoms with Gasteiger partial charge in [0, 0.05) is 16.9 Å². The van der Waals surface area contributed by atoms with Crippen molar-refractivity contribution in [1.29, 1.82) is 0 Å². The first-order chi connectivity index (χ1) is 18.8. The summed E-state index contributed by atoms with van der Waals surface area (Å²) in [6.45, 7) is 0.382. The Morgan fingerprint density at radius 3 is 2.33 bits per heavy atom. The fourth-order valence-corrected chi connectivity index (χ4v) is 6.31. The predicted octanol–water partition coefficient (Wildman–Crippen LogP) is 5.12. The van der Waals surface area contributed by atoms with E-state index in [1.54, 1.807) is 53.6 Å². The number of carbonyl (C=O) groups excluding carboxylic acids is 2. The van der Waals surface area contributed by atoms with Crippen molar-refractivity contribution in [3.63, 3.8) is 0 Å². The molecule has 0 radical (unpaired) electrons. The van der Waals surface area contributed by atoms with Gasteiger partial charge in [-0.1, -0.05) is 12.1 Å². The molecule has 5 rings (SSSR count). The molecule has 0 spiro atoms. The van der Waals surface area contributed by atoms with Gasteiger partial charge < -0.3 is 19.4 Å². The third-order valence-corrected chi connectivity index (χ3v) is 8.75. The Morgan fingerprint density at radius 2 is 1.69 bits per heavy atom. The first-order valence-corrected chi connectivity index (χ1v) is 14.5. The minimum atomic E-state index is -3.81. The number of thioether (sulfide) groups is 1. The van der Waals surface area contributed by atoms with E-state index < -0.39 is 10.0 Å². The van der Waals surface area contributed by atoms with Crippen LogP contribution in [0.5, 0.6) is 5.75 Å². The molecule has 9 nitrogen and oxygen atoms in total. The van der Waals surface area contributed by atoms with Crippen LogP contribution >= 0.6 is 11.8 Å². The van der Waals surface area contributed by atoms with Crippen LogP contribution < -0.4 is 14.8 Å². The topological polar surface area (TPSA) is 118 Å². The average molecular weight is 564 g/mol. The van der Waals surface area contributed by atoms with Crippen molar-refractivity contribution < 1.29 is 27.2 Å². The molecule has 2 amide bonds. The monoisotopic (exact) mass is 563 g/mol. The second-order valence-corrected chi connectivity index (χ2v) is 11.4. The van der Waals surface area contributed by atoms with Crippen molar-refractivity contribution in [2.75, 3.05) is 22.9 Å². The predicted molar refractivity (Wildman–Crippen MR) is 149 cm³/mol. The summed E-state index contributed by atoms with van der Waals surface area (Å²) >= 11 is 1.53. The summed E-state index contributed by atoms with van der Waals surface area (Å²) in [6, 6.07) is 23.1. The summed E-state index contributed by atoms with van der Waals surface area (Å²) in [7, 11) is -2.27. The molecule has 1 saturated heterocycles. The summed E-state index contributed by atoms with van der Waals surface area (Å²) in [4.78, 5) is 27.1. The van der Waals surface area contributed by atoms with Crippen LogP contribution in [0.3, 0.4) is 0 Å². The van der Waals surface area contributed by atoms with E-state index in [1.807, 2.05) is 18.2 Å². The van der Waals surface area contributed by atoms with E-state index in [0.29, 0.717) is 40.7 Å². The lowest BCUT2D eigenvalue weighted by Crippen LogP contribution is -2.27. The lowest BCUT2D eigenvalue weighted by atomic mass is 10.1. The molecule has 200 valence electrons. The quantitative estimate of drug-likeness (QED) is 0.290. The third-order valence-electron chi connectivity index (χ3n) is 6.10. The Kier molecular flexibility index (Phi) is 7.62. The number of benzene rings is 3. The van der Waals surface area contributed by atoms with Gasteiger partial charge in [0.2, 0.25) is 5.91 Å². The summed E-state index contributed by atoms with van der Waals surface area (Å²) in [5.41, 5.74) is 2.20. The lowest BCUT2D eigenvalue weighted by Gasteiger charge is -2.23. The van der Waals surface area contributed by atoms with Crippen molar-refractivity contribution in [3.05, 3.63) is 108 Å². The highest BCUT2D eigenvalue weighted by Crippen LogP contribution is 2.39. The number of carbonyl (C=O) groups is 2. The van der Waals surface area contributed by atoms with Crippen LogP contribution in [0, 0.1) is 0 Å². The molecule has 2 heterocycles. The van der Waals surface area contributed by atoms with Gasteiger partial charge in [-0.2, -0.15) is 0 Å². The molecule has 39 heavy (non-hydrogen) atoms. The highest BCUT2D eigenvalue weighted by atomic mass is 32.2. The first kappa shape index (κ1) is 26.4. The number of nitrogens with zero attached hydrogens (tertiary/aromatic N) is 1. The van der Waals surface area contributed by atoms with Gasteiger partial charge in [-0.3, -0.25) is 14.3 Å². The first-order valence-electron chi connectivity index (χ1n) is 11.9. The van der Waals surface area contributed by atoms with Crippen molar-refractivity contribution in [3.8, 4) is 5.75 Å². The number of hydrogen-bond acceptors (Lipinski definition) is 7. The van der Waals surface area contributed by atoms with Gasteiger partial charge in [0.05, 0.1) is 30.6 Å². The van der Waals surface area contributed by atoms with Crippen LogP contribution in [0.1, 0.15) is 27.1 Å². The lowest BCUT2D eigenvalue weighted by molar-refractivity contribution is -0.128. The molecule has 1 aromatic heterocycles. The molecule has 0 bridgehead atoms. The number of nitrogens with one attached hydrogen (secondary N) is 2. The third kappa shape index (κ3) is 6.10. The van der Waals surface area contributed by atoms with Crippen LogP contribution in [0.25, 0.3) is 0 Å².